The van der Waals surface area contributed by atoms with Crippen LogP contribution >= 0.6 is 0 Å². The monoisotopic (exact) mass is 184 g/mol. The van der Waals surface area contributed by atoms with E-state index in [4.69, 9.17) is 4.74 Å². The molecule has 0 radical (unpaired) electrons. The Bertz CT molecular complexity index is 218. The fourth-order valence-electron chi connectivity index (χ4n) is 2.17. The fourth-order valence-corrected chi connectivity index (χ4v) is 2.17. The van der Waals surface area contributed by atoms with Gasteiger partial charge in [-0.05, 0) is 26.8 Å². The first-order valence-corrected chi connectivity index (χ1v) is 4.90. The zero-order valence-electron chi connectivity index (χ0n) is 8.12. The molecule has 2 rings (SSSR count). The van der Waals surface area contributed by atoms with E-state index in [2.05, 4.69) is 5.32 Å². The molecule has 2 atom stereocenters. The predicted octanol–water partition coefficient (Wildman–Crippen LogP) is 0.577. The van der Waals surface area contributed by atoms with E-state index >= 15 is 0 Å². The standard InChI is InChI=1S/C9H16N2O2/c1-6(2)11-7-3-4-10-5-8(7)13-9(11)12/h6-8,10H,3-5H2,1-2H3. The van der Waals surface area contributed by atoms with Gasteiger partial charge in [-0.25, -0.2) is 4.79 Å². The lowest BCUT2D eigenvalue weighted by molar-refractivity contribution is 0.121. The van der Waals surface area contributed by atoms with Crippen LogP contribution in [0.5, 0.6) is 0 Å². The van der Waals surface area contributed by atoms with Crippen molar-refractivity contribution in [1.29, 1.82) is 0 Å². The van der Waals surface area contributed by atoms with E-state index in [9.17, 15) is 4.79 Å². The number of hydrogen-bond acceptors (Lipinski definition) is 3. The molecule has 0 bridgehead atoms. The highest BCUT2D eigenvalue weighted by molar-refractivity contribution is 5.71. The Hall–Kier alpha value is -0.770. The minimum absolute atomic E-state index is 0.0728. The summed E-state index contributed by atoms with van der Waals surface area (Å²) < 4.78 is 5.26. The van der Waals surface area contributed by atoms with Crippen LogP contribution in [0.2, 0.25) is 0 Å². The highest BCUT2D eigenvalue weighted by Crippen LogP contribution is 2.25. The van der Waals surface area contributed by atoms with E-state index in [1.807, 2.05) is 18.7 Å². The lowest BCUT2D eigenvalue weighted by Crippen LogP contribution is -2.49. The maximum Gasteiger partial charge on any atom is 0.410 e. The van der Waals surface area contributed by atoms with Crippen LogP contribution in [0, 0.1) is 0 Å². The summed E-state index contributed by atoms with van der Waals surface area (Å²) in [5, 5.41) is 3.23. The Balaban J connectivity index is 2.13. The predicted molar refractivity (Wildman–Crippen MR) is 48.5 cm³/mol. The molecule has 4 nitrogen and oxygen atoms in total. The van der Waals surface area contributed by atoms with E-state index in [1.54, 1.807) is 0 Å². The van der Waals surface area contributed by atoms with Gasteiger partial charge in [-0.15, -0.1) is 0 Å². The normalized spacial score (nSPS) is 33.5. The lowest BCUT2D eigenvalue weighted by Gasteiger charge is -2.30. The van der Waals surface area contributed by atoms with Gasteiger partial charge in [0, 0.05) is 12.6 Å². The summed E-state index contributed by atoms with van der Waals surface area (Å²) in [5.74, 6) is 0. The molecular weight excluding hydrogens is 168 g/mol. The van der Waals surface area contributed by atoms with Gasteiger partial charge in [0.15, 0.2) is 0 Å². The van der Waals surface area contributed by atoms with Gasteiger partial charge in [0.2, 0.25) is 0 Å². The molecule has 0 aliphatic carbocycles. The van der Waals surface area contributed by atoms with Crippen LogP contribution in [-0.2, 0) is 4.74 Å². The number of fused-ring (bicyclic) bond motifs is 1. The number of rotatable bonds is 1. The van der Waals surface area contributed by atoms with Crippen molar-refractivity contribution < 1.29 is 9.53 Å². The number of hydrogen-bond donors (Lipinski definition) is 1. The van der Waals surface area contributed by atoms with Crippen LogP contribution in [0.25, 0.3) is 0 Å². The number of piperidine rings is 1. The molecule has 74 valence electrons. The van der Waals surface area contributed by atoms with Crippen molar-refractivity contribution in [3.8, 4) is 0 Å². The Morgan fingerprint density at radius 1 is 1.62 bits per heavy atom. The maximum atomic E-state index is 11.5. The number of carbonyl (C=O) groups excluding carboxylic acids is 1. The molecule has 0 saturated carbocycles. The van der Waals surface area contributed by atoms with Crippen molar-refractivity contribution in [3.63, 3.8) is 0 Å². The van der Waals surface area contributed by atoms with Crippen LogP contribution in [0.15, 0.2) is 0 Å². The lowest BCUT2D eigenvalue weighted by atomic mass is 10.0. The molecule has 1 amide bonds. The van der Waals surface area contributed by atoms with Crippen molar-refractivity contribution in [1.82, 2.24) is 10.2 Å². The minimum Gasteiger partial charge on any atom is -0.443 e. The van der Waals surface area contributed by atoms with E-state index in [1.165, 1.54) is 0 Å². The second-order valence-corrected chi connectivity index (χ2v) is 3.98. The maximum absolute atomic E-state index is 11.5. The smallest absolute Gasteiger partial charge is 0.410 e. The second kappa shape index (κ2) is 3.18. The van der Waals surface area contributed by atoms with Gasteiger partial charge in [-0.3, -0.25) is 4.90 Å². The summed E-state index contributed by atoms with van der Waals surface area (Å²) in [6, 6.07) is 0.550. The molecule has 0 aromatic rings. The third-order valence-electron chi connectivity index (χ3n) is 2.77. The van der Waals surface area contributed by atoms with E-state index < -0.39 is 0 Å². The minimum atomic E-state index is -0.145. The van der Waals surface area contributed by atoms with Gasteiger partial charge in [-0.2, -0.15) is 0 Å². The molecule has 2 heterocycles. The molecule has 0 aromatic heterocycles. The second-order valence-electron chi connectivity index (χ2n) is 3.98. The quantitative estimate of drug-likeness (QED) is 0.648. The Morgan fingerprint density at radius 3 is 3.08 bits per heavy atom. The van der Waals surface area contributed by atoms with Crippen LogP contribution in [-0.4, -0.2) is 42.3 Å². The molecule has 4 heteroatoms. The van der Waals surface area contributed by atoms with Crippen molar-refractivity contribution >= 4 is 6.09 Å². The van der Waals surface area contributed by atoms with E-state index in [0.29, 0.717) is 6.04 Å². The summed E-state index contributed by atoms with van der Waals surface area (Å²) in [4.78, 5) is 13.3. The summed E-state index contributed by atoms with van der Waals surface area (Å²) in [5.41, 5.74) is 0. The average Bonchev–Trinajstić information content (AvgIpc) is 2.39. The largest absolute Gasteiger partial charge is 0.443 e. The van der Waals surface area contributed by atoms with E-state index in [0.717, 1.165) is 19.5 Å². The Morgan fingerprint density at radius 2 is 2.38 bits per heavy atom. The molecule has 0 aromatic carbocycles. The molecular formula is C9H16N2O2. The van der Waals surface area contributed by atoms with Gasteiger partial charge < -0.3 is 10.1 Å². The summed E-state index contributed by atoms with van der Waals surface area (Å²) in [6.07, 6.45) is 0.937. The molecule has 2 fully saturated rings. The average molecular weight is 184 g/mol. The zero-order valence-corrected chi connectivity index (χ0v) is 8.12. The number of nitrogens with one attached hydrogen (secondary N) is 1. The highest BCUT2D eigenvalue weighted by Gasteiger charge is 2.43. The molecule has 1 N–H and O–H groups in total. The number of ether oxygens (including phenoxy) is 1. The van der Waals surface area contributed by atoms with Gasteiger partial charge in [-0.1, -0.05) is 0 Å². The third kappa shape index (κ3) is 1.39. The van der Waals surface area contributed by atoms with Crippen molar-refractivity contribution in [2.45, 2.75) is 38.5 Å². The third-order valence-corrected chi connectivity index (χ3v) is 2.77. The summed E-state index contributed by atoms with van der Waals surface area (Å²) in [6.45, 7) is 5.86. The SMILES string of the molecule is CC(C)N1C(=O)OC2CNCCC21. The Labute approximate surface area is 78.2 Å². The van der Waals surface area contributed by atoms with Crippen LogP contribution < -0.4 is 5.32 Å². The molecule has 13 heavy (non-hydrogen) atoms. The summed E-state index contributed by atoms with van der Waals surface area (Å²) in [7, 11) is 0. The topological polar surface area (TPSA) is 41.6 Å². The first-order valence-electron chi connectivity index (χ1n) is 4.90. The molecule has 2 unspecified atom stereocenters. The van der Waals surface area contributed by atoms with E-state index in [-0.39, 0.29) is 18.2 Å². The van der Waals surface area contributed by atoms with Gasteiger partial charge in [0.05, 0.1) is 6.04 Å². The van der Waals surface area contributed by atoms with Gasteiger partial charge >= 0.3 is 6.09 Å². The first-order chi connectivity index (χ1) is 6.20. The van der Waals surface area contributed by atoms with Crippen molar-refractivity contribution in [3.05, 3.63) is 0 Å². The highest BCUT2D eigenvalue weighted by atomic mass is 16.6. The molecule has 0 spiro atoms. The van der Waals surface area contributed by atoms with Gasteiger partial charge in [0.25, 0.3) is 0 Å². The molecule has 2 saturated heterocycles. The van der Waals surface area contributed by atoms with Crippen molar-refractivity contribution in [2.24, 2.45) is 0 Å². The van der Waals surface area contributed by atoms with Crippen LogP contribution in [0.1, 0.15) is 20.3 Å². The van der Waals surface area contributed by atoms with Gasteiger partial charge in [0.1, 0.15) is 6.10 Å². The number of amides is 1. The molecule has 2 aliphatic rings. The first kappa shape index (κ1) is 8.81. The van der Waals surface area contributed by atoms with Crippen LogP contribution in [0.4, 0.5) is 4.79 Å². The summed E-state index contributed by atoms with van der Waals surface area (Å²) >= 11 is 0. The zero-order chi connectivity index (χ0) is 9.42. The Kier molecular flexibility index (Phi) is 2.15. The van der Waals surface area contributed by atoms with Crippen molar-refractivity contribution in [2.75, 3.05) is 13.1 Å². The fraction of sp³-hybridized carbons (Fsp3) is 0.889. The number of carbonyl (C=O) groups is 1. The van der Waals surface area contributed by atoms with Crippen LogP contribution in [0.3, 0.4) is 0 Å². The molecule has 2 aliphatic heterocycles. The number of nitrogens with zero attached hydrogens (tertiary/aromatic N) is 1.